The molecule has 0 amide bonds. The van der Waals surface area contributed by atoms with E-state index in [0.29, 0.717) is 0 Å². The molecule has 0 aliphatic heterocycles. The first-order valence-corrected chi connectivity index (χ1v) is 6.91. The number of benzene rings is 1. The van der Waals surface area contributed by atoms with Gasteiger partial charge < -0.3 is 10.5 Å². The van der Waals surface area contributed by atoms with E-state index in [9.17, 15) is 21.6 Å². The Bertz CT molecular complexity index is 546. The van der Waals surface area contributed by atoms with Gasteiger partial charge in [-0.05, 0) is 28.1 Å². The summed E-state index contributed by atoms with van der Waals surface area (Å²) in [5, 5.41) is 0. The summed E-state index contributed by atoms with van der Waals surface area (Å²) in [7, 11) is 0.570. The number of nitrogens with two attached hydrogens (primary N) is 1. The van der Waals surface area contributed by atoms with Crippen LogP contribution in [0.4, 0.5) is 18.9 Å². The number of hydrogen-bond acceptors (Lipinski definition) is 4. The van der Waals surface area contributed by atoms with Gasteiger partial charge in [0, 0.05) is 15.2 Å². The third-order valence-corrected chi connectivity index (χ3v) is 3.84. The van der Waals surface area contributed by atoms with Crippen molar-refractivity contribution in [2.24, 2.45) is 0 Å². The molecule has 0 atom stereocenters. The summed E-state index contributed by atoms with van der Waals surface area (Å²) in [6.45, 7) is 0. The average molecular weight is 355 g/mol. The zero-order chi connectivity index (χ0) is 13.4. The highest BCUT2D eigenvalue weighted by atomic mass is 79.9. The lowest BCUT2D eigenvalue weighted by Crippen LogP contribution is -2.19. The topological polar surface area (TPSA) is 69.4 Å². The molecule has 17 heavy (non-hydrogen) atoms. The second-order valence-corrected chi connectivity index (χ2v) is 6.14. The van der Waals surface area contributed by atoms with E-state index in [4.69, 9.17) is 16.4 Å². The van der Waals surface area contributed by atoms with Crippen LogP contribution in [0.5, 0.6) is 5.75 Å². The molecule has 0 aliphatic rings. The predicted molar refractivity (Wildman–Crippen MR) is 58.3 cm³/mol. The van der Waals surface area contributed by atoms with Crippen molar-refractivity contribution in [3.8, 4) is 5.75 Å². The standard InChI is InChI=1S/C7H4BrClF3NO3S/c8-3-1-2-4(13)5(16-7(10,11)12)6(3)17(9,14)15/h1-2H,13H2. The summed E-state index contributed by atoms with van der Waals surface area (Å²) < 4.78 is 61.9. The number of rotatable bonds is 2. The van der Waals surface area contributed by atoms with Gasteiger partial charge in [-0.15, -0.1) is 13.2 Å². The molecule has 1 rings (SSSR count). The Balaban J connectivity index is 3.52. The molecule has 0 saturated carbocycles. The van der Waals surface area contributed by atoms with Crippen molar-refractivity contribution in [2.75, 3.05) is 5.73 Å². The van der Waals surface area contributed by atoms with Gasteiger partial charge in [0.1, 0.15) is 4.90 Å². The summed E-state index contributed by atoms with van der Waals surface area (Å²) >= 11 is 2.76. The summed E-state index contributed by atoms with van der Waals surface area (Å²) in [6, 6.07) is 2.20. The summed E-state index contributed by atoms with van der Waals surface area (Å²) in [4.78, 5) is -0.864. The van der Waals surface area contributed by atoms with Crippen molar-refractivity contribution in [1.29, 1.82) is 0 Å². The van der Waals surface area contributed by atoms with Crippen LogP contribution in [-0.4, -0.2) is 14.8 Å². The van der Waals surface area contributed by atoms with Crippen molar-refractivity contribution < 1.29 is 26.3 Å². The molecule has 96 valence electrons. The maximum absolute atomic E-state index is 12.1. The van der Waals surface area contributed by atoms with Crippen LogP contribution >= 0.6 is 26.6 Å². The fourth-order valence-electron chi connectivity index (χ4n) is 1.00. The maximum atomic E-state index is 12.1. The Hall–Kier alpha value is -0.670. The van der Waals surface area contributed by atoms with Gasteiger partial charge in [0.2, 0.25) is 0 Å². The van der Waals surface area contributed by atoms with Gasteiger partial charge in [-0.25, -0.2) is 8.42 Å². The molecule has 0 saturated heterocycles. The highest BCUT2D eigenvalue weighted by Gasteiger charge is 2.35. The molecular formula is C7H4BrClF3NO3S. The molecule has 0 spiro atoms. The summed E-state index contributed by atoms with van der Waals surface area (Å²) in [5.74, 6) is -1.05. The van der Waals surface area contributed by atoms with Crippen LogP contribution < -0.4 is 10.5 Å². The van der Waals surface area contributed by atoms with Gasteiger partial charge in [-0.2, -0.15) is 0 Å². The molecule has 0 radical (unpaired) electrons. The Morgan fingerprint density at radius 3 is 2.29 bits per heavy atom. The van der Waals surface area contributed by atoms with E-state index in [-0.39, 0.29) is 4.47 Å². The van der Waals surface area contributed by atoms with Crippen LogP contribution in [0.1, 0.15) is 0 Å². The molecule has 1 aromatic rings. The zero-order valence-corrected chi connectivity index (χ0v) is 10.9. The number of hydrogen-bond donors (Lipinski definition) is 1. The third-order valence-electron chi connectivity index (χ3n) is 1.56. The van der Waals surface area contributed by atoms with E-state index in [1.807, 2.05) is 0 Å². The first kappa shape index (κ1) is 14.4. The minimum absolute atomic E-state index is 0.180. The lowest BCUT2D eigenvalue weighted by molar-refractivity contribution is -0.275. The molecule has 0 unspecified atom stereocenters. The molecular weight excluding hydrogens is 350 g/mol. The van der Waals surface area contributed by atoms with E-state index in [2.05, 4.69) is 20.7 Å². The number of ether oxygens (including phenoxy) is 1. The van der Waals surface area contributed by atoms with Gasteiger partial charge in [0.25, 0.3) is 9.05 Å². The Kier molecular flexibility index (Phi) is 3.84. The van der Waals surface area contributed by atoms with Gasteiger partial charge in [0.05, 0.1) is 5.69 Å². The molecule has 4 nitrogen and oxygen atoms in total. The van der Waals surface area contributed by atoms with Gasteiger partial charge in [-0.3, -0.25) is 0 Å². The summed E-state index contributed by atoms with van der Waals surface area (Å²) in [5.41, 5.74) is 4.73. The number of anilines is 1. The number of halogens is 5. The maximum Gasteiger partial charge on any atom is 0.573 e. The van der Waals surface area contributed by atoms with E-state index >= 15 is 0 Å². The minimum atomic E-state index is -5.08. The molecule has 0 fully saturated rings. The molecule has 10 heteroatoms. The number of alkyl halides is 3. The Morgan fingerprint density at radius 2 is 1.88 bits per heavy atom. The van der Waals surface area contributed by atoms with Crippen molar-refractivity contribution >= 4 is 41.4 Å². The second-order valence-electron chi connectivity index (χ2n) is 2.78. The largest absolute Gasteiger partial charge is 0.573 e. The predicted octanol–water partition coefficient (Wildman–Crippen LogP) is 2.86. The third kappa shape index (κ3) is 3.65. The Morgan fingerprint density at radius 1 is 1.35 bits per heavy atom. The smallest absolute Gasteiger partial charge is 0.402 e. The van der Waals surface area contributed by atoms with E-state index in [0.717, 1.165) is 12.1 Å². The van der Waals surface area contributed by atoms with Crippen molar-refractivity contribution in [3.05, 3.63) is 16.6 Å². The monoisotopic (exact) mass is 353 g/mol. The molecule has 0 bridgehead atoms. The van der Waals surface area contributed by atoms with E-state index < -0.39 is 31.7 Å². The van der Waals surface area contributed by atoms with Gasteiger partial charge in [0.15, 0.2) is 5.75 Å². The lowest BCUT2D eigenvalue weighted by atomic mass is 10.3. The molecule has 2 N–H and O–H groups in total. The fourth-order valence-corrected chi connectivity index (χ4v) is 3.37. The SMILES string of the molecule is Nc1ccc(Br)c(S(=O)(=O)Cl)c1OC(F)(F)F. The lowest BCUT2D eigenvalue weighted by Gasteiger charge is -2.14. The zero-order valence-electron chi connectivity index (χ0n) is 7.75. The fraction of sp³-hybridized carbons (Fsp3) is 0.143. The van der Waals surface area contributed by atoms with E-state index in [1.54, 1.807) is 0 Å². The van der Waals surface area contributed by atoms with Gasteiger partial charge >= 0.3 is 6.36 Å². The molecule has 1 aromatic carbocycles. The van der Waals surface area contributed by atoms with Crippen molar-refractivity contribution in [2.45, 2.75) is 11.3 Å². The van der Waals surface area contributed by atoms with Gasteiger partial charge in [-0.1, -0.05) is 0 Å². The van der Waals surface area contributed by atoms with E-state index in [1.165, 1.54) is 0 Å². The Labute approximate surface area is 107 Å². The van der Waals surface area contributed by atoms with Crippen molar-refractivity contribution in [1.82, 2.24) is 0 Å². The van der Waals surface area contributed by atoms with Crippen LogP contribution in [0.2, 0.25) is 0 Å². The van der Waals surface area contributed by atoms with Crippen LogP contribution in [0.15, 0.2) is 21.5 Å². The normalized spacial score (nSPS) is 12.5. The molecule has 0 aliphatic carbocycles. The molecule has 0 heterocycles. The van der Waals surface area contributed by atoms with Crippen LogP contribution in [-0.2, 0) is 9.05 Å². The first-order valence-electron chi connectivity index (χ1n) is 3.81. The van der Waals surface area contributed by atoms with Crippen LogP contribution in [0.3, 0.4) is 0 Å². The van der Waals surface area contributed by atoms with Crippen LogP contribution in [0, 0.1) is 0 Å². The van der Waals surface area contributed by atoms with Crippen LogP contribution in [0.25, 0.3) is 0 Å². The van der Waals surface area contributed by atoms with Crippen molar-refractivity contribution in [3.63, 3.8) is 0 Å². The first-order chi connectivity index (χ1) is 7.52. The highest BCUT2D eigenvalue weighted by Crippen LogP contribution is 2.40. The number of nitrogen functional groups attached to an aromatic ring is 1. The highest BCUT2D eigenvalue weighted by molar-refractivity contribution is 9.10. The molecule has 0 aromatic heterocycles. The quantitative estimate of drug-likeness (QED) is 0.655. The second kappa shape index (κ2) is 4.54. The minimum Gasteiger partial charge on any atom is -0.402 e. The average Bonchev–Trinajstić information content (AvgIpc) is 2.06. The summed E-state index contributed by atoms with van der Waals surface area (Å²) in [6.07, 6.45) is -5.08.